The second-order valence-corrected chi connectivity index (χ2v) is 25.2. The van der Waals surface area contributed by atoms with Crippen LogP contribution in [0.15, 0.2) is 77.0 Å². The van der Waals surface area contributed by atoms with Gasteiger partial charge in [0.15, 0.2) is 11.6 Å². The molecule has 2 amide bonds. The number of amides is 2. The molecule has 77 heavy (non-hydrogen) atoms. The molecule has 23 heteroatoms. The molecule has 3 saturated carbocycles. The van der Waals surface area contributed by atoms with E-state index in [0.717, 1.165) is 44.7 Å². The third kappa shape index (κ3) is 21.2. The standard InChI is InChI=1S/C22H27ClN2O5S.C19H21ClN2O4S.C13H11BrClNO2S/c1-13(25-20(27)30-22(2,3)4)9-17(26)19-11-24-21(31-19)29-18-8-7-15(10-16(18)23)28-12-14-5-6-14;1-11(22-12(2)23)7-16(24)18-9-21-19(27-18)26-17-6-5-14(8-15(17)20)25-10-13-3-4-13;14-12-6-16-13(19-12)18-11-4-3-9(5-10(11)15)17-7-8-1-2-8/h7-8,10-11,13-14H,5-6,9,12H2,1-4H3,(H,25,27);5-6,8-9,11,13H,3-4,7,10H2,1-2H3,(H,22,23);3-6,8H,1-2,7H2/t13-;11-;/m00./s1. The van der Waals surface area contributed by atoms with Gasteiger partial charge in [0, 0.05) is 50.0 Å². The lowest BCUT2D eigenvalue weighted by atomic mass is 10.1. The summed E-state index contributed by atoms with van der Waals surface area (Å²) in [7, 11) is 0. The summed E-state index contributed by atoms with van der Waals surface area (Å²) in [6.45, 7) is 12.5. The monoisotopic (exact) mass is 1230 g/mol. The fourth-order valence-corrected chi connectivity index (χ4v) is 9.72. The molecule has 16 nitrogen and oxygen atoms in total. The molecule has 2 N–H and O–H groups in total. The largest absolute Gasteiger partial charge is 0.493 e. The summed E-state index contributed by atoms with van der Waals surface area (Å²) in [4.78, 5) is 60.9. The maximum Gasteiger partial charge on any atom is 0.407 e. The van der Waals surface area contributed by atoms with Gasteiger partial charge in [0.1, 0.15) is 40.1 Å². The Hall–Kier alpha value is -5.22. The summed E-state index contributed by atoms with van der Waals surface area (Å²) < 4.78 is 40.2. The first-order valence-electron chi connectivity index (χ1n) is 24.9. The van der Waals surface area contributed by atoms with Crippen LogP contribution in [0.3, 0.4) is 0 Å². The quantitative estimate of drug-likeness (QED) is 0.0575. The summed E-state index contributed by atoms with van der Waals surface area (Å²) in [6.07, 6.45) is 11.8. The summed E-state index contributed by atoms with van der Waals surface area (Å²) in [5.74, 6) is 5.31. The molecule has 6 aromatic rings. The highest BCUT2D eigenvalue weighted by atomic mass is 79.9. The molecule has 0 unspecified atom stereocenters. The molecule has 2 atom stereocenters. The number of ketones is 2. The third-order valence-electron chi connectivity index (χ3n) is 11.0. The number of halogens is 4. The van der Waals surface area contributed by atoms with Crippen molar-refractivity contribution >= 4 is 108 Å². The predicted molar refractivity (Wildman–Crippen MR) is 303 cm³/mol. The van der Waals surface area contributed by atoms with Crippen molar-refractivity contribution < 1.29 is 52.3 Å². The van der Waals surface area contributed by atoms with Gasteiger partial charge in [-0.1, -0.05) is 68.8 Å². The summed E-state index contributed by atoms with van der Waals surface area (Å²) in [5.41, 5.74) is -0.597. The van der Waals surface area contributed by atoms with E-state index in [2.05, 4.69) is 41.5 Å². The van der Waals surface area contributed by atoms with Crippen LogP contribution in [0.1, 0.15) is 112 Å². The van der Waals surface area contributed by atoms with E-state index in [-0.39, 0.29) is 42.4 Å². The Labute approximate surface area is 482 Å². The SMILES string of the molecule is CC(=O)N[C@@H](C)CC(=O)c1cnc(Oc2ccc(OCC3CC3)cc2Cl)s1.C[C@@H](CC(=O)c1cnc(Oc2ccc(OCC3CC3)cc2Cl)s1)NC(=O)OC(C)(C)C.Clc1cc(OCC2CC2)ccc1Oc1ncc(Br)s1. The summed E-state index contributed by atoms with van der Waals surface area (Å²) >= 11 is 25.8. The Morgan fingerprint density at radius 1 is 0.597 bits per heavy atom. The molecule has 3 fully saturated rings. The number of benzene rings is 3. The van der Waals surface area contributed by atoms with Crippen molar-refractivity contribution in [2.24, 2.45) is 17.8 Å². The number of nitrogens with zero attached hydrogens (tertiary/aromatic N) is 3. The maximum absolute atomic E-state index is 12.5. The van der Waals surface area contributed by atoms with Gasteiger partial charge in [0.2, 0.25) is 5.91 Å². The summed E-state index contributed by atoms with van der Waals surface area (Å²) in [6, 6.07) is 15.3. The van der Waals surface area contributed by atoms with E-state index in [1.165, 1.54) is 69.2 Å². The Morgan fingerprint density at radius 2 is 0.961 bits per heavy atom. The highest BCUT2D eigenvalue weighted by Gasteiger charge is 2.25. The highest BCUT2D eigenvalue weighted by molar-refractivity contribution is 9.11. The van der Waals surface area contributed by atoms with Gasteiger partial charge in [-0.2, -0.15) is 0 Å². The number of hydrogen-bond donors (Lipinski definition) is 2. The molecule has 3 aliphatic carbocycles. The number of nitrogens with one attached hydrogen (secondary N) is 2. The second kappa shape index (κ2) is 28.1. The van der Waals surface area contributed by atoms with E-state index >= 15 is 0 Å². The second-order valence-electron chi connectivity index (χ2n) is 19.7. The van der Waals surface area contributed by atoms with Crippen molar-refractivity contribution in [3.63, 3.8) is 0 Å². The molecule has 0 saturated heterocycles. The minimum atomic E-state index is -0.597. The smallest absolute Gasteiger partial charge is 0.407 e. The lowest BCUT2D eigenvalue weighted by Gasteiger charge is -2.21. The minimum Gasteiger partial charge on any atom is -0.493 e. The van der Waals surface area contributed by atoms with E-state index in [4.69, 9.17) is 68.0 Å². The Morgan fingerprint density at radius 3 is 1.29 bits per heavy atom. The van der Waals surface area contributed by atoms with Crippen molar-refractivity contribution in [3.05, 3.63) is 102 Å². The Kier molecular flexibility index (Phi) is 21.7. The molecule has 0 radical (unpaired) electrons. The number of thiazole rings is 3. The van der Waals surface area contributed by atoms with Gasteiger partial charge < -0.3 is 43.8 Å². The van der Waals surface area contributed by atoms with E-state index in [1.807, 2.05) is 6.07 Å². The molecule has 412 valence electrons. The molecule has 0 spiro atoms. The molecule has 0 aliphatic heterocycles. The van der Waals surface area contributed by atoms with Gasteiger partial charge in [-0.25, -0.2) is 19.7 Å². The fourth-order valence-electron chi connectivity index (χ4n) is 6.61. The van der Waals surface area contributed by atoms with Crippen LogP contribution >= 0.6 is 84.7 Å². The van der Waals surface area contributed by atoms with Crippen molar-refractivity contribution in [3.8, 4) is 50.1 Å². The van der Waals surface area contributed by atoms with Crippen LogP contribution in [0, 0.1) is 17.8 Å². The van der Waals surface area contributed by atoms with E-state index in [0.29, 0.717) is 94.2 Å². The number of carbonyl (C=O) groups excluding carboxylic acids is 4. The normalized spacial score (nSPS) is 14.5. The number of aromatic nitrogens is 3. The fraction of sp³-hybridized carbons (Fsp3) is 0.426. The van der Waals surface area contributed by atoms with Crippen LogP contribution < -0.4 is 39.1 Å². The molecule has 3 aromatic heterocycles. The van der Waals surface area contributed by atoms with Crippen molar-refractivity contribution in [1.82, 2.24) is 25.6 Å². The zero-order valence-corrected chi connectivity index (χ0v) is 49.5. The lowest BCUT2D eigenvalue weighted by Crippen LogP contribution is -2.38. The van der Waals surface area contributed by atoms with Crippen LogP contribution in [0.4, 0.5) is 4.79 Å². The van der Waals surface area contributed by atoms with Gasteiger partial charge in [-0.15, -0.1) is 0 Å². The maximum atomic E-state index is 12.5. The summed E-state index contributed by atoms with van der Waals surface area (Å²) in [5, 5.41) is 7.90. The van der Waals surface area contributed by atoms with Crippen LogP contribution in [-0.2, 0) is 9.53 Å². The van der Waals surface area contributed by atoms with Crippen LogP contribution in [0.5, 0.6) is 50.1 Å². The van der Waals surface area contributed by atoms with Crippen molar-refractivity contribution in [2.45, 2.75) is 111 Å². The number of ether oxygens (including phenoxy) is 7. The number of carbonyl (C=O) groups is 4. The van der Waals surface area contributed by atoms with E-state index in [9.17, 15) is 19.2 Å². The molecule has 0 bridgehead atoms. The van der Waals surface area contributed by atoms with Crippen LogP contribution in [0.25, 0.3) is 0 Å². The molecule has 3 heterocycles. The molecular formula is C54H59BrCl3N5O11S3. The van der Waals surface area contributed by atoms with Crippen LogP contribution in [-0.4, -0.2) is 76.0 Å². The van der Waals surface area contributed by atoms with Crippen LogP contribution in [0.2, 0.25) is 15.1 Å². The topological polar surface area (TPSA) is 196 Å². The first-order valence-corrected chi connectivity index (χ1v) is 29.2. The van der Waals surface area contributed by atoms with Gasteiger partial charge in [-0.05, 0) is 143 Å². The van der Waals surface area contributed by atoms with Gasteiger partial charge in [-0.3, -0.25) is 14.4 Å². The molecular weight excluding hydrogens is 1180 g/mol. The van der Waals surface area contributed by atoms with Crippen molar-refractivity contribution in [2.75, 3.05) is 19.8 Å². The Bertz CT molecular complexity index is 2980. The van der Waals surface area contributed by atoms with Gasteiger partial charge in [0.25, 0.3) is 15.6 Å². The Balaban J connectivity index is 0.000000172. The molecule has 3 aliphatic rings. The number of hydrogen-bond acceptors (Lipinski definition) is 17. The molecule has 3 aromatic carbocycles. The van der Waals surface area contributed by atoms with Crippen molar-refractivity contribution in [1.29, 1.82) is 0 Å². The first kappa shape index (κ1) is 59.4. The predicted octanol–water partition coefficient (Wildman–Crippen LogP) is 15.5. The van der Waals surface area contributed by atoms with E-state index < -0.39 is 11.7 Å². The third-order valence-corrected chi connectivity index (χ3v) is 15.1. The number of rotatable bonds is 23. The lowest BCUT2D eigenvalue weighted by molar-refractivity contribution is -0.119. The van der Waals surface area contributed by atoms with E-state index in [1.54, 1.807) is 89.3 Å². The average molecular weight is 1240 g/mol. The first-order chi connectivity index (χ1) is 36.7. The zero-order chi connectivity index (χ0) is 55.2. The highest BCUT2D eigenvalue weighted by Crippen LogP contribution is 2.39. The minimum absolute atomic E-state index is 0.0986. The number of Topliss-reactive ketones (excluding diaryl/α,β-unsaturated/α-hetero) is 2. The van der Waals surface area contributed by atoms with Gasteiger partial charge in [0.05, 0.1) is 67.0 Å². The number of alkyl carbamates (subject to hydrolysis) is 1. The van der Waals surface area contributed by atoms with Gasteiger partial charge >= 0.3 is 6.09 Å². The zero-order valence-electron chi connectivity index (χ0n) is 43.2. The average Bonchev–Trinajstić information content (AvgIpc) is 4.33. The molecule has 9 rings (SSSR count).